The minimum absolute atomic E-state index is 0.400. The molecular formula is C13H21N3OS. The van der Waals surface area contributed by atoms with Crippen LogP contribution in [0.1, 0.15) is 50.2 Å². The lowest BCUT2D eigenvalue weighted by molar-refractivity contribution is 0.336. The molecule has 0 aromatic carbocycles. The quantitative estimate of drug-likeness (QED) is 0.887. The van der Waals surface area contributed by atoms with Crippen molar-refractivity contribution >= 4 is 11.8 Å². The summed E-state index contributed by atoms with van der Waals surface area (Å²) in [7, 11) is 0. The Balaban J connectivity index is 1.67. The number of aromatic nitrogens is 2. The molecule has 1 saturated heterocycles. The van der Waals surface area contributed by atoms with Crippen LogP contribution in [0.25, 0.3) is 0 Å². The van der Waals surface area contributed by atoms with E-state index in [1.54, 1.807) is 0 Å². The fourth-order valence-corrected chi connectivity index (χ4v) is 3.93. The van der Waals surface area contributed by atoms with Gasteiger partial charge in [-0.2, -0.15) is 16.7 Å². The first kappa shape index (κ1) is 12.5. The third-order valence-electron chi connectivity index (χ3n) is 3.95. The summed E-state index contributed by atoms with van der Waals surface area (Å²) in [6.07, 6.45) is 2.39. The van der Waals surface area contributed by atoms with E-state index < -0.39 is 0 Å². The van der Waals surface area contributed by atoms with Crippen LogP contribution in [-0.2, 0) is 0 Å². The fourth-order valence-electron chi connectivity index (χ4n) is 2.56. The molecule has 0 spiro atoms. The molecule has 1 aromatic rings. The van der Waals surface area contributed by atoms with Crippen LogP contribution in [-0.4, -0.2) is 34.2 Å². The van der Waals surface area contributed by atoms with E-state index in [9.17, 15) is 0 Å². The van der Waals surface area contributed by atoms with Crippen molar-refractivity contribution in [3.8, 4) is 0 Å². The van der Waals surface area contributed by atoms with Gasteiger partial charge in [0.1, 0.15) is 0 Å². The van der Waals surface area contributed by atoms with Crippen molar-refractivity contribution in [2.24, 2.45) is 5.92 Å². The van der Waals surface area contributed by atoms with Gasteiger partial charge in [-0.05, 0) is 25.3 Å². The largest absolute Gasteiger partial charge is 0.339 e. The lowest BCUT2D eigenvalue weighted by atomic mass is 10.0. The molecule has 4 nitrogen and oxygen atoms in total. The van der Waals surface area contributed by atoms with Gasteiger partial charge in [0.25, 0.3) is 0 Å². The lowest BCUT2D eigenvalue weighted by Crippen LogP contribution is -2.34. The summed E-state index contributed by atoms with van der Waals surface area (Å²) in [6.45, 7) is 5.52. The summed E-state index contributed by atoms with van der Waals surface area (Å²) >= 11 is 1.98. The molecule has 5 heteroatoms. The first-order valence-corrected chi connectivity index (χ1v) is 8.09. The monoisotopic (exact) mass is 267 g/mol. The van der Waals surface area contributed by atoms with Gasteiger partial charge in [-0.1, -0.05) is 19.0 Å². The lowest BCUT2D eigenvalue weighted by Gasteiger charge is -2.16. The van der Waals surface area contributed by atoms with Crippen LogP contribution in [0, 0.1) is 5.92 Å². The Kier molecular flexibility index (Phi) is 3.61. The molecule has 1 saturated carbocycles. The van der Waals surface area contributed by atoms with Crippen LogP contribution in [0.5, 0.6) is 0 Å². The van der Waals surface area contributed by atoms with Gasteiger partial charge in [0.2, 0.25) is 5.89 Å². The van der Waals surface area contributed by atoms with Crippen molar-refractivity contribution in [3.63, 3.8) is 0 Å². The maximum absolute atomic E-state index is 5.49. The molecule has 2 fully saturated rings. The van der Waals surface area contributed by atoms with Crippen molar-refractivity contribution in [1.82, 2.24) is 15.5 Å². The smallest absolute Gasteiger partial charge is 0.232 e. The molecular weight excluding hydrogens is 246 g/mol. The van der Waals surface area contributed by atoms with E-state index in [1.165, 1.54) is 12.8 Å². The molecule has 0 radical (unpaired) electrons. The van der Waals surface area contributed by atoms with E-state index >= 15 is 0 Å². The summed E-state index contributed by atoms with van der Waals surface area (Å²) in [5.74, 6) is 5.73. The first-order chi connectivity index (χ1) is 8.79. The molecule has 1 aliphatic carbocycles. The zero-order valence-corrected chi connectivity index (χ0v) is 11.9. The summed E-state index contributed by atoms with van der Waals surface area (Å²) < 4.78 is 5.49. The van der Waals surface area contributed by atoms with Crippen LogP contribution in [0.3, 0.4) is 0 Å². The molecule has 1 aliphatic heterocycles. The average molecular weight is 267 g/mol. The second-order valence-corrected chi connectivity index (χ2v) is 6.59. The summed E-state index contributed by atoms with van der Waals surface area (Å²) in [5, 5.41) is 7.76. The number of nitrogens with one attached hydrogen (secondary N) is 1. The molecule has 2 heterocycles. The normalized spacial score (nSPS) is 35.0. The van der Waals surface area contributed by atoms with Crippen molar-refractivity contribution in [1.29, 1.82) is 0 Å². The van der Waals surface area contributed by atoms with Gasteiger partial charge in [0.15, 0.2) is 5.82 Å². The van der Waals surface area contributed by atoms with E-state index in [-0.39, 0.29) is 0 Å². The SMILES string of the molecule is CCCNC1CSCC1c1nc(C2CC2C)no1. The maximum Gasteiger partial charge on any atom is 0.232 e. The summed E-state index contributed by atoms with van der Waals surface area (Å²) in [4.78, 5) is 4.63. The second kappa shape index (κ2) is 5.21. The van der Waals surface area contributed by atoms with Crippen LogP contribution < -0.4 is 5.32 Å². The summed E-state index contributed by atoms with van der Waals surface area (Å²) in [6, 6.07) is 0.500. The first-order valence-electron chi connectivity index (χ1n) is 6.94. The highest BCUT2D eigenvalue weighted by atomic mass is 32.2. The number of thioether (sulfide) groups is 1. The van der Waals surface area contributed by atoms with Gasteiger partial charge >= 0.3 is 0 Å². The molecule has 1 aromatic heterocycles. The van der Waals surface area contributed by atoms with Crippen LogP contribution in [0.4, 0.5) is 0 Å². The number of hydrogen-bond donors (Lipinski definition) is 1. The van der Waals surface area contributed by atoms with E-state index in [2.05, 4.69) is 29.3 Å². The Morgan fingerprint density at radius 1 is 1.39 bits per heavy atom. The zero-order chi connectivity index (χ0) is 12.5. The zero-order valence-electron chi connectivity index (χ0n) is 11.1. The van der Waals surface area contributed by atoms with Gasteiger partial charge < -0.3 is 9.84 Å². The molecule has 100 valence electrons. The molecule has 0 bridgehead atoms. The number of hydrogen-bond acceptors (Lipinski definition) is 5. The van der Waals surface area contributed by atoms with E-state index in [4.69, 9.17) is 4.52 Å². The van der Waals surface area contributed by atoms with Crippen molar-refractivity contribution < 1.29 is 4.52 Å². The van der Waals surface area contributed by atoms with Crippen LogP contribution in [0.2, 0.25) is 0 Å². The second-order valence-electron chi connectivity index (χ2n) is 5.51. The minimum Gasteiger partial charge on any atom is -0.339 e. The molecule has 2 aliphatic rings. The van der Waals surface area contributed by atoms with Gasteiger partial charge in [-0.15, -0.1) is 0 Å². The van der Waals surface area contributed by atoms with Gasteiger partial charge in [0, 0.05) is 23.5 Å². The average Bonchev–Trinajstić information content (AvgIpc) is 2.85. The van der Waals surface area contributed by atoms with Crippen LogP contribution in [0.15, 0.2) is 4.52 Å². The Morgan fingerprint density at radius 3 is 2.94 bits per heavy atom. The number of nitrogens with zero attached hydrogens (tertiary/aromatic N) is 2. The third kappa shape index (κ3) is 2.43. The molecule has 1 N–H and O–H groups in total. The molecule has 3 rings (SSSR count). The highest BCUT2D eigenvalue weighted by molar-refractivity contribution is 7.99. The van der Waals surface area contributed by atoms with E-state index in [0.717, 1.165) is 35.7 Å². The van der Waals surface area contributed by atoms with Crippen LogP contribution >= 0.6 is 11.8 Å². The van der Waals surface area contributed by atoms with Crippen molar-refractivity contribution in [2.75, 3.05) is 18.1 Å². The Morgan fingerprint density at radius 2 is 2.22 bits per heavy atom. The van der Waals surface area contributed by atoms with Crippen molar-refractivity contribution in [2.45, 2.75) is 44.6 Å². The maximum atomic E-state index is 5.49. The predicted molar refractivity (Wildman–Crippen MR) is 73.0 cm³/mol. The van der Waals surface area contributed by atoms with E-state index in [1.807, 2.05) is 11.8 Å². The molecule has 18 heavy (non-hydrogen) atoms. The Labute approximate surface area is 112 Å². The minimum atomic E-state index is 0.400. The summed E-state index contributed by atoms with van der Waals surface area (Å²) in [5.41, 5.74) is 0. The van der Waals surface area contributed by atoms with Gasteiger partial charge in [-0.3, -0.25) is 0 Å². The molecule has 0 amide bonds. The highest BCUT2D eigenvalue weighted by Crippen LogP contribution is 2.46. The Hall–Kier alpha value is -0.550. The Bertz CT molecular complexity index is 409. The third-order valence-corrected chi connectivity index (χ3v) is 5.14. The van der Waals surface area contributed by atoms with Gasteiger partial charge in [0.05, 0.1) is 5.92 Å². The predicted octanol–water partition coefficient (Wildman–Crippen LogP) is 2.39. The van der Waals surface area contributed by atoms with Crippen molar-refractivity contribution in [3.05, 3.63) is 11.7 Å². The standard InChI is InChI=1S/C13H21N3OS/c1-3-4-14-11-7-18-6-10(11)13-15-12(16-17-13)9-5-8(9)2/h8-11,14H,3-7H2,1-2H3. The molecule has 4 unspecified atom stereocenters. The molecule has 4 atom stereocenters. The topological polar surface area (TPSA) is 51.0 Å². The van der Waals surface area contributed by atoms with E-state index in [0.29, 0.717) is 17.9 Å². The number of rotatable bonds is 5. The fraction of sp³-hybridized carbons (Fsp3) is 0.846. The van der Waals surface area contributed by atoms with Gasteiger partial charge in [-0.25, -0.2) is 0 Å². The highest BCUT2D eigenvalue weighted by Gasteiger charge is 2.40.